The first-order valence-corrected chi connectivity index (χ1v) is 9.11. The molecule has 0 radical (unpaired) electrons. The molecular weight excluding hydrogens is 326 g/mol. The van der Waals surface area contributed by atoms with Crippen LogP contribution in [0.2, 0.25) is 0 Å². The molecule has 1 amide bonds. The van der Waals surface area contributed by atoms with Crippen LogP contribution in [-0.4, -0.2) is 19.1 Å². The Bertz CT molecular complexity index is 735. The highest BCUT2D eigenvalue weighted by Gasteiger charge is 2.13. The largest absolute Gasteiger partial charge is 0.496 e. The number of carbonyl (C=O) groups excluding carboxylic acids is 1. The van der Waals surface area contributed by atoms with Crippen molar-refractivity contribution in [2.24, 2.45) is 0 Å². The third kappa shape index (κ3) is 5.51. The van der Waals surface area contributed by atoms with Gasteiger partial charge in [0.25, 0.3) is 5.91 Å². The molecule has 0 spiro atoms. The molecule has 0 aromatic heterocycles. The van der Waals surface area contributed by atoms with E-state index in [1.54, 1.807) is 13.2 Å². The van der Waals surface area contributed by atoms with Gasteiger partial charge in [0.15, 0.2) is 0 Å². The van der Waals surface area contributed by atoms with E-state index in [1.165, 1.54) is 0 Å². The van der Waals surface area contributed by atoms with Crippen LogP contribution in [0.4, 0.5) is 0 Å². The number of amides is 1. The van der Waals surface area contributed by atoms with Crippen molar-refractivity contribution in [3.63, 3.8) is 0 Å². The molecule has 0 heterocycles. The Balaban J connectivity index is 2.14. The van der Waals surface area contributed by atoms with Crippen molar-refractivity contribution in [2.75, 3.05) is 7.11 Å². The standard InChI is InChI=1S/C22H29NO3/c1-6-7-17(4)23-22(24)18-8-9-21(25-5)19(13-18)14-26-20-11-15(2)10-16(3)12-20/h8-13,17H,6-7,14H2,1-5H3,(H,23,24)/t17-/m1/s1. The Morgan fingerprint density at radius 3 is 2.42 bits per heavy atom. The van der Waals surface area contributed by atoms with Gasteiger partial charge in [0, 0.05) is 17.2 Å². The minimum atomic E-state index is -0.0683. The molecule has 26 heavy (non-hydrogen) atoms. The summed E-state index contributed by atoms with van der Waals surface area (Å²) < 4.78 is 11.4. The van der Waals surface area contributed by atoms with Crippen LogP contribution in [0, 0.1) is 13.8 Å². The second-order valence-electron chi connectivity index (χ2n) is 6.80. The van der Waals surface area contributed by atoms with E-state index in [0.717, 1.165) is 35.3 Å². The van der Waals surface area contributed by atoms with Crippen LogP contribution in [0.15, 0.2) is 36.4 Å². The summed E-state index contributed by atoms with van der Waals surface area (Å²) in [4.78, 5) is 12.5. The van der Waals surface area contributed by atoms with E-state index >= 15 is 0 Å². The van der Waals surface area contributed by atoms with Crippen LogP contribution in [-0.2, 0) is 6.61 Å². The highest BCUT2D eigenvalue weighted by atomic mass is 16.5. The van der Waals surface area contributed by atoms with Gasteiger partial charge in [0.1, 0.15) is 18.1 Å². The quantitative estimate of drug-likeness (QED) is 0.739. The molecule has 1 atom stereocenters. The average molecular weight is 355 g/mol. The van der Waals surface area contributed by atoms with Crippen molar-refractivity contribution in [1.82, 2.24) is 5.32 Å². The van der Waals surface area contributed by atoms with Crippen molar-refractivity contribution < 1.29 is 14.3 Å². The summed E-state index contributed by atoms with van der Waals surface area (Å²) in [5, 5.41) is 3.03. The van der Waals surface area contributed by atoms with Gasteiger partial charge in [-0.3, -0.25) is 4.79 Å². The second-order valence-corrected chi connectivity index (χ2v) is 6.80. The van der Waals surface area contributed by atoms with Gasteiger partial charge in [-0.25, -0.2) is 0 Å². The Hall–Kier alpha value is -2.49. The van der Waals surface area contributed by atoms with Crippen LogP contribution in [0.25, 0.3) is 0 Å². The van der Waals surface area contributed by atoms with Crippen LogP contribution in [0.5, 0.6) is 11.5 Å². The van der Waals surface area contributed by atoms with Gasteiger partial charge in [-0.1, -0.05) is 19.4 Å². The van der Waals surface area contributed by atoms with Crippen LogP contribution in [0.3, 0.4) is 0 Å². The lowest BCUT2D eigenvalue weighted by atomic mass is 10.1. The predicted molar refractivity (Wildman–Crippen MR) is 105 cm³/mol. The van der Waals surface area contributed by atoms with Crippen molar-refractivity contribution in [3.05, 3.63) is 58.7 Å². The van der Waals surface area contributed by atoms with E-state index in [2.05, 4.69) is 18.3 Å². The van der Waals surface area contributed by atoms with Crippen molar-refractivity contribution >= 4 is 5.91 Å². The van der Waals surface area contributed by atoms with Crippen LogP contribution >= 0.6 is 0 Å². The van der Waals surface area contributed by atoms with Crippen LogP contribution < -0.4 is 14.8 Å². The van der Waals surface area contributed by atoms with E-state index in [-0.39, 0.29) is 11.9 Å². The molecule has 0 aliphatic heterocycles. The summed E-state index contributed by atoms with van der Waals surface area (Å²) >= 11 is 0. The number of hydrogen-bond acceptors (Lipinski definition) is 3. The lowest BCUT2D eigenvalue weighted by Gasteiger charge is -2.15. The van der Waals surface area contributed by atoms with Gasteiger partial charge in [0.05, 0.1) is 7.11 Å². The maximum atomic E-state index is 12.5. The third-order valence-electron chi connectivity index (χ3n) is 4.23. The summed E-state index contributed by atoms with van der Waals surface area (Å²) in [6.07, 6.45) is 2.00. The second kappa shape index (κ2) is 9.27. The Labute approximate surface area is 156 Å². The highest BCUT2D eigenvalue weighted by Crippen LogP contribution is 2.23. The lowest BCUT2D eigenvalue weighted by molar-refractivity contribution is 0.0938. The normalized spacial score (nSPS) is 11.7. The van der Waals surface area contributed by atoms with Crippen molar-refractivity contribution in [3.8, 4) is 11.5 Å². The number of rotatable bonds is 8. The summed E-state index contributed by atoms with van der Waals surface area (Å²) in [5.41, 5.74) is 3.78. The van der Waals surface area contributed by atoms with E-state index in [9.17, 15) is 4.79 Å². The molecule has 1 N–H and O–H groups in total. The molecule has 0 fully saturated rings. The molecular formula is C22H29NO3. The molecule has 0 saturated carbocycles. The van der Waals surface area contributed by atoms with Gasteiger partial charge in [-0.15, -0.1) is 0 Å². The fraction of sp³-hybridized carbons (Fsp3) is 0.409. The lowest BCUT2D eigenvalue weighted by Crippen LogP contribution is -2.32. The first-order valence-electron chi connectivity index (χ1n) is 9.11. The molecule has 2 aromatic carbocycles. The number of aryl methyl sites for hydroxylation is 2. The summed E-state index contributed by atoms with van der Waals surface area (Å²) in [6.45, 7) is 8.57. The molecule has 4 heteroatoms. The summed E-state index contributed by atoms with van der Waals surface area (Å²) in [5.74, 6) is 1.46. The van der Waals surface area contributed by atoms with E-state index in [4.69, 9.17) is 9.47 Å². The number of hydrogen-bond donors (Lipinski definition) is 1. The zero-order chi connectivity index (χ0) is 19.1. The van der Waals surface area contributed by atoms with Gasteiger partial charge in [-0.2, -0.15) is 0 Å². The fourth-order valence-corrected chi connectivity index (χ4v) is 3.02. The Morgan fingerprint density at radius 2 is 1.81 bits per heavy atom. The number of ether oxygens (including phenoxy) is 2. The predicted octanol–water partition coefficient (Wildman–Crippen LogP) is 4.81. The van der Waals surface area contributed by atoms with Gasteiger partial charge in [-0.05, 0) is 68.7 Å². The SMILES string of the molecule is CCC[C@@H](C)NC(=O)c1ccc(OC)c(COc2cc(C)cc(C)c2)c1. The highest BCUT2D eigenvalue weighted by molar-refractivity contribution is 5.94. The van der Waals surface area contributed by atoms with Crippen LogP contribution in [0.1, 0.15) is 53.7 Å². The van der Waals surface area contributed by atoms with Crippen molar-refractivity contribution in [2.45, 2.75) is 53.2 Å². The minimum Gasteiger partial charge on any atom is -0.496 e. The van der Waals surface area contributed by atoms with Crippen molar-refractivity contribution in [1.29, 1.82) is 0 Å². The molecule has 2 rings (SSSR count). The number of benzene rings is 2. The molecule has 4 nitrogen and oxygen atoms in total. The first-order chi connectivity index (χ1) is 12.4. The minimum absolute atomic E-state index is 0.0683. The zero-order valence-corrected chi connectivity index (χ0v) is 16.4. The number of carbonyl (C=O) groups is 1. The Morgan fingerprint density at radius 1 is 1.12 bits per heavy atom. The molecule has 0 unspecified atom stereocenters. The molecule has 0 aliphatic rings. The topological polar surface area (TPSA) is 47.6 Å². The first kappa shape index (κ1) is 19.8. The summed E-state index contributed by atoms with van der Waals surface area (Å²) in [6, 6.07) is 11.7. The average Bonchev–Trinajstić information content (AvgIpc) is 2.59. The molecule has 0 saturated heterocycles. The maximum absolute atomic E-state index is 12.5. The van der Waals surface area contributed by atoms with Gasteiger partial charge >= 0.3 is 0 Å². The molecule has 2 aromatic rings. The van der Waals surface area contributed by atoms with E-state index in [1.807, 2.05) is 45.0 Å². The number of methoxy groups -OCH3 is 1. The van der Waals surface area contributed by atoms with Gasteiger partial charge in [0.2, 0.25) is 0 Å². The van der Waals surface area contributed by atoms with E-state index in [0.29, 0.717) is 17.9 Å². The molecule has 140 valence electrons. The fourth-order valence-electron chi connectivity index (χ4n) is 3.02. The third-order valence-corrected chi connectivity index (χ3v) is 4.23. The molecule has 0 bridgehead atoms. The monoisotopic (exact) mass is 355 g/mol. The zero-order valence-electron chi connectivity index (χ0n) is 16.4. The summed E-state index contributed by atoms with van der Waals surface area (Å²) in [7, 11) is 1.62. The molecule has 0 aliphatic carbocycles. The number of nitrogens with one attached hydrogen (secondary N) is 1. The smallest absolute Gasteiger partial charge is 0.251 e. The Kier molecular flexibility index (Phi) is 7.07. The van der Waals surface area contributed by atoms with E-state index < -0.39 is 0 Å². The van der Waals surface area contributed by atoms with Gasteiger partial charge < -0.3 is 14.8 Å². The maximum Gasteiger partial charge on any atom is 0.251 e.